The Morgan fingerprint density at radius 2 is 2.04 bits per heavy atom. The van der Waals surface area contributed by atoms with Gasteiger partial charge in [0.1, 0.15) is 6.04 Å². The van der Waals surface area contributed by atoms with Gasteiger partial charge in [0.05, 0.1) is 12.1 Å². The monoisotopic (exact) mass is 379 g/mol. The number of carbonyl (C=O) groups excluding carboxylic acids is 1. The number of hydrogen-bond donors (Lipinski definition) is 4. The maximum absolute atomic E-state index is 12.7. The zero-order valence-corrected chi connectivity index (χ0v) is 16.7. The van der Waals surface area contributed by atoms with Gasteiger partial charge in [0.2, 0.25) is 5.91 Å². The first-order valence-electron chi connectivity index (χ1n) is 11.1. The Balaban J connectivity index is 1.19. The van der Waals surface area contributed by atoms with Gasteiger partial charge in [-0.05, 0) is 50.1 Å². The van der Waals surface area contributed by atoms with Gasteiger partial charge in [-0.25, -0.2) is 5.01 Å². The Bertz CT molecular complexity index is 499. The van der Waals surface area contributed by atoms with Crippen molar-refractivity contribution in [2.24, 2.45) is 17.8 Å². The van der Waals surface area contributed by atoms with Gasteiger partial charge in [-0.1, -0.05) is 26.2 Å². The molecule has 0 spiro atoms. The zero-order valence-electron chi connectivity index (χ0n) is 16.7. The molecule has 5 unspecified atom stereocenters. The van der Waals surface area contributed by atoms with Crippen molar-refractivity contribution < 1.29 is 9.63 Å². The zero-order chi connectivity index (χ0) is 18.6. The Labute approximate surface area is 163 Å². The van der Waals surface area contributed by atoms with Crippen LogP contribution < -0.4 is 21.5 Å². The summed E-state index contributed by atoms with van der Waals surface area (Å²) in [6, 6.07) is -0.0239. The van der Waals surface area contributed by atoms with E-state index in [1.54, 1.807) is 0 Å². The van der Waals surface area contributed by atoms with Crippen LogP contribution in [0.1, 0.15) is 51.9 Å². The third kappa shape index (κ3) is 5.01. The van der Waals surface area contributed by atoms with E-state index >= 15 is 0 Å². The van der Waals surface area contributed by atoms with Crippen molar-refractivity contribution in [1.29, 1.82) is 0 Å². The normalized spacial score (nSPS) is 38.9. The topological polar surface area (TPSA) is 77.7 Å². The summed E-state index contributed by atoms with van der Waals surface area (Å²) in [6.45, 7) is 7.24. The van der Waals surface area contributed by atoms with E-state index in [0.717, 1.165) is 51.5 Å². The number of rotatable bonds is 5. The Hall–Kier alpha value is -0.730. The van der Waals surface area contributed by atoms with Crippen LogP contribution in [0.2, 0.25) is 0 Å². The average Bonchev–Trinajstić information content (AvgIpc) is 3.33. The molecule has 3 aliphatic heterocycles. The van der Waals surface area contributed by atoms with E-state index in [2.05, 4.69) is 33.5 Å². The highest BCUT2D eigenvalue weighted by Crippen LogP contribution is 2.29. The lowest BCUT2D eigenvalue weighted by molar-refractivity contribution is -0.125. The Morgan fingerprint density at radius 1 is 1.19 bits per heavy atom. The molecule has 0 radical (unpaired) electrons. The van der Waals surface area contributed by atoms with Crippen molar-refractivity contribution in [1.82, 2.24) is 26.5 Å². The molecular weight excluding hydrogens is 342 g/mol. The maximum Gasteiger partial charge on any atom is 0.239 e. The predicted molar refractivity (Wildman–Crippen MR) is 105 cm³/mol. The van der Waals surface area contributed by atoms with Gasteiger partial charge < -0.3 is 10.6 Å². The third-order valence-electron chi connectivity index (χ3n) is 7.03. The smallest absolute Gasteiger partial charge is 0.239 e. The molecule has 0 aromatic rings. The van der Waals surface area contributed by atoms with Crippen LogP contribution in [0.5, 0.6) is 0 Å². The van der Waals surface area contributed by atoms with Crippen molar-refractivity contribution >= 4 is 5.91 Å². The van der Waals surface area contributed by atoms with Crippen molar-refractivity contribution in [3.05, 3.63) is 0 Å². The van der Waals surface area contributed by atoms with Crippen LogP contribution >= 0.6 is 0 Å². The molecule has 4 aliphatic rings. The molecule has 154 valence electrons. The van der Waals surface area contributed by atoms with Gasteiger partial charge in [-0.15, -0.1) is 0 Å². The van der Waals surface area contributed by atoms with Crippen LogP contribution in [0, 0.1) is 17.8 Å². The number of nitrogens with one attached hydrogen (secondary N) is 4. The molecule has 4 N–H and O–H groups in total. The van der Waals surface area contributed by atoms with Gasteiger partial charge in [0.15, 0.2) is 0 Å². The second-order valence-electron chi connectivity index (χ2n) is 9.17. The summed E-state index contributed by atoms with van der Waals surface area (Å²) in [5, 5.41) is 8.98. The summed E-state index contributed by atoms with van der Waals surface area (Å²) in [6.07, 6.45) is 8.94. The largest absolute Gasteiger partial charge is 0.349 e. The first-order chi connectivity index (χ1) is 13.2. The molecule has 7 nitrogen and oxygen atoms in total. The molecule has 3 saturated heterocycles. The van der Waals surface area contributed by atoms with Crippen molar-refractivity contribution in [3.63, 3.8) is 0 Å². The van der Waals surface area contributed by atoms with E-state index in [1.807, 2.05) is 0 Å². The number of hydrazine groups is 1. The van der Waals surface area contributed by atoms with Gasteiger partial charge in [0, 0.05) is 26.1 Å². The standard InChI is InChI=1S/C20H37N5O2/c1-14-10-21-8-7-17(14)19-9-18(24-27-19)20(26)23-16-11-22-25(13-16)12-15-5-3-2-4-6-15/h14-19,21-22,24H,2-13H2,1H3,(H,23,26). The minimum atomic E-state index is -0.218. The van der Waals surface area contributed by atoms with E-state index in [0.29, 0.717) is 11.8 Å². The molecular formula is C20H37N5O2. The summed E-state index contributed by atoms with van der Waals surface area (Å²) in [5.41, 5.74) is 6.48. The van der Waals surface area contributed by atoms with Gasteiger partial charge in [-0.3, -0.25) is 15.1 Å². The van der Waals surface area contributed by atoms with E-state index < -0.39 is 0 Å². The highest BCUT2D eigenvalue weighted by molar-refractivity contribution is 5.82. The molecule has 5 atom stereocenters. The third-order valence-corrected chi connectivity index (χ3v) is 7.03. The van der Waals surface area contributed by atoms with E-state index in [-0.39, 0.29) is 24.1 Å². The summed E-state index contributed by atoms with van der Waals surface area (Å²) in [4.78, 5) is 18.5. The fourth-order valence-electron chi connectivity index (χ4n) is 5.36. The van der Waals surface area contributed by atoms with E-state index in [9.17, 15) is 4.79 Å². The summed E-state index contributed by atoms with van der Waals surface area (Å²) in [5.74, 6) is 2.04. The lowest BCUT2D eigenvalue weighted by Gasteiger charge is -2.32. The second-order valence-corrected chi connectivity index (χ2v) is 9.17. The second kappa shape index (κ2) is 9.18. The molecule has 0 aromatic carbocycles. The summed E-state index contributed by atoms with van der Waals surface area (Å²) in [7, 11) is 0. The van der Waals surface area contributed by atoms with E-state index in [4.69, 9.17) is 4.84 Å². The molecule has 1 aliphatic carbocycles. The average molecular weight is 380 g/mol. The SMILES string of the molecule is CC1CNCCC1C1CC(C(=O)NC2CNN(CC3CCCCC3)C2)NO1. The molecule has 27 heavy (non-hydrogen) atoms. The Morgan fingerprint density at radius 3 is 2.85 bits per heavy atom. The quantitative estimate of drug-likeness (QED) is 0.566. The highest BCUT2D eigenvalue weighted by atomic mass is 16.7. The maximum atomic E-state index is 12.7. The minimum absolute atomic E-state index is 0.0883. The minimum Gasteiger partial charge on any atom is -0.349 e. The molecule has 4 fully saturated rings. The van der Waals surface area contributed by atoms with Crippen LogP contribution in [0.25, 0.3) is 0 Å². The highest BCUT2D eigenvalue weighted by Gasteiger charge is 2.39. The van der Waals surface area contributed by atoms with E-state index in [1.165, 1.54) is 32.1 Å². The molecule has 1 saturated carbocycles. The van der Waals surface area contributed by atoms with Crippen LogP contribution in [-0.2, 0) is 9.63 Å². The Kier molecular flexibility index (Phi) is 6.66. The first-order valence-corrected chi connectivity index (χ1v) is 11.1. The molecule has 0 bridgehead atoms. The van der Waals surface area contributed by atoms with Crippen molar-refractivity contribution in [3.8, 4) is 0 Å². The van der Waals surface area contributed by atoms with Crippen LogP contribution in [0.4, 0.5) is 0 Å². The van der Waals surface area contributed by atoms with Crippen LogP contribution in [0.15, 0.2) is 0 Å². The van der Waals surface area contributed by atoms with Crippen molar-refractivity contribution in [2.75, 3.05) is 32.7 Å². The number of nitrogens with zero attached hydrogens (tertiary/aromatic N) is 1. The predicted octanol–water partition coefficient (Wildman–Crippen LogP) is 0.779. The summed E-state index contributed by atoms with van der Waals surface area (Å²) >= 11 is 0. The van der Waals surface area contributed by atoms with Crippen LogP contribution in [0.3, 0.4) is 0 Å². The fraction of sp³-hybridized carbons (Fsp3) is 0.950. The lowest BCUT2D eigenvalue weighted by Crippen LogP contribution is -2.47. The van der Waals surface area contributed by atoms with Crippen molar-refractivity contribution in [2.45, 2.75) is 70.1 Å². The fourth-order valence-corrected chi connectivity index (χ4v) is 5.36. The van der Waals surface area contributed by atoms with Crippen LogP contribution in [-0.4, -0.2) is 61.8 Å². The molecule has 1 amide bonds. The summed E-state index contributed by atoms with van der Waals surface area (Å²) < 4.78 is 0. The first kappa shape index (κ1) is 19.6. The number of amides is 1. The molecule has 7 heteroatoms. The van der Waals surface area contributed by atoms with Gasteiger partial charge in [0.25, 0.3) is 0 Å². The van der Waals surface area contributed by atoms with Gasteiger partial charge in [-0.2, -0.15) is 5.48 Å². The number of piperidine rings is 1. The van der Waals surface area contributed by atoms with Gasteiger partial charge >= 0.3 is 0 Å². The number of hydrogen-bond acceptors (Lipinski definition) is 6. The number of carbonyl (C=O) groups is 1. The molecule has 0 aromatic heterocycles. The molecule has 4 rings (SSSR count). The molecule has 3 heterocycles. The lowest BCUT2D eigenvalue weighted by atomic mass is 9.82. The number of hydroxylamine groups is 1.